The van der Waals surface area contributed by atoms with Gasteiger partial charge in [0.2, 0.25) is 0 Å². The van der Waals surface area contributed by atoms with E-state index in [4.69, 9.17) is 0 Å². The van der Waals surface area contributed by atoms with Gasteiger partial charge in [0.15, 0.2) is 0 Å². The van der Waals surface area contributed by atoms with Crippen molar-refractivity contribution in [2.75, 3.05) is 0 Å². The summed E-state index contributed by atoms with van der Waals surface area (Å²) >= 11 is 0. The van der Waals surface area contributed by atoms with Crippen molar-refractivity contribution in [3.63, 3.8) is 0 Å². The largest absolute Gasteiger partial charge is 0.0713 e. The quantitative estimate of drug-likeness (QED) is 0.157. The van der Waals surface area contributed by atoms with Gasteiger partial charge >= 0.3 is 0 Å². The highest BCUT2D eigenvalue weighted by Crippen LogP contribution is 2.56. The summed E-state index contributed by atoms with van der Waals surface area (Å²) < 4.78 is 0. The van der Waals surface area contributed by atoms with E-state index in [-0.39, 0.29) is 0 Å². The van der Waals surface area contributed by atoms with Crippen molar-refractivity contribution in [2.45, 2.75) is 5.41 Å². The Labute approximate surface area is 380 Å². The van der Waals surface area contributed by atoms with Gasteiger partial charge in [0, 0.05) is 0 Å². The molecule has 0 nitrogen and oxygen atoms in total. The van der Waals surface area contributed by atoms with E-state index in [0.29, 0.717) is 0 Å². The van der Waals surface area contributed by atoms with Gasteiger partial charge in [-0.2, -0.15) is 0 Å². The molecule has 302 valence electrons. The third-order valence-corrected chi connectivity index (χ3v) is 14.1. The lowest BCUT2D eigenvalue weighted by Crippen LogP contribution is -2.28. The minimum Gasteiger partial charge on any atom is -0.0619 e. The highest BCUT2D eigenvalue weighted by molar-refractivity contribution is 6.07. The van der Waals surface area contributed by atoms with Crippen molar-refractivity contribution in [3.8, 4) is 55.6 Å². The lowest BCUT2D eigenvalue weighted by atomic mass is 9.67. The fourth-order valence-corrected chi connectivity index (χ4v) is 11.1. The minimum atomic E-state index is -0.474. The molecule has 0 amide bonds. The zero-order valence-corrected chi connectivity index (χ0v) is 35.7. The van der Waals surface area contributed by atoms with Crippen LogP contribution in [0.5, 0.6) is 0 Å². The third-order valence-electron chi connectivity index (χ3n) is 14.1. The van der Waals surface area contributed by atoms with Crippen molar-refractivity contribution in [2.24, 2.45) is 0 Å². The molecule has 0 atom stereocenters. The van der Waals surface area contributed by atoms with Gasteiger partial charge < -0.3 is 0 Å². The Kier molecular flexibility index (Phi) is 8.54. The predicted molar refractivity (Wildman–Crippen MR) is 272 cm³/mol. The van der Waals surface area contributed by atoms with Crippen LogP contribution in [0, 0.1) is 0 Å². The molecule has 3 aliphatic carbocycles. The SMILES string of the molecule is C(=C1c2ccccc2-c2ccccc21)c1ccc(-c2ccc(C3(c4ccc(-c5ccc(C=C6c7ccccc7-c7ccccc76)cc5)cc4)c4ccccc4-c4ccccc43)cc2)cc1. The molecule has 10 aromatic rings. The first kappa shape index (κ1) is 37.3. The monoisotopic (exact) mass is 822 g/mol. The van der Waals surface area contributed by atoms with Crippen LogP contribution < -0.4 is 0 Å². The van der Waals surface area contributed by atoms with Gasteiger partial charge in [-0.15, -0.1) is 0 Å². The molecule has 65 heavy (non-hydrogen) atoms. The van der Waals surface area contributed by atoms with Gasteiger partial charge in [0.1, 0.15) is 0 Å². The molecule has 0 N–H and O–H groups in total. The Morgan fingerprint density at radius 2 is 0.462 bits per heavy atom. The van der Waals surface area contributed by atoms with E-state index in [1.54, 1.807) is 0 Å². The van der Waals surface area contributed by atoms with E-state index < -0.39 is 5.41 Å². The highest BCUT2D eigenvalue weighted by Gasteiger charge is 2.45. The molecule has 0 fully saturated rings. The molecule has 3 aliphatic rings. The molecule has 0 bridgehead atoms. The van der Waals surface area contributed by atoms with Gasteiger partial charge in [-0.25, -0.2) is 0 Å². The van der Waals surface area contributed by atoms with Gasteiger partial charge in [-0.1, -0.05) is 243 Å². The summed E-state index contributed by atoms with van der Waals surface area (Å²) in [6.45, 7) is 0. The summed E-state index contributed by atoms with van der Waals surface area (Å²) in [5, 5.41) is 0. The Hall–Kier alpha value is -8.32. The fraction of sp³-hybridized carbons (Fsp3) is 0.0154. The smallest absolute Gasteiger partial charge is 0.0619 e. The van der Waals surface area contributed by atoms with Crippen LogP contribution >= 0.6 is 0 Å². The standard InChI is InChI=1S/C65H42/c1-5-17-55-51(13-1)52-14-2-6-18-56(52)61(55)41-43-25-29-45(30-26-43)47-33-37-49(38-34-47)65(63-23-11-9-21-59(63)60-22-10-12-24-64(60)65)50-39-35-48(36-40-50)46-31-27-44(28-32-46)42-62-57-19-7-3-15-53(57)54-16-4-8-20-58(54)62/h1-42H. The molecular formula is C65H42. The zero-order chi connectivity index (χ0) is 42.9. The van der Waals surface area contributed by atoms with Gasteiger partial charge in [-0.3, -0.25) is 0 Å². The molecule has 0 saturated carbocycles. The van der Waals surface area contributed by atoms with E-state index in [1.165, 1.54) is 122 Å². The van der Waals surface area contributed by atoms with E-state index in [9.17, 15) is 0 Å². The average molecular weight is 823 g/mol. The Balaban J connectivity index is 0.838. The maximum atomic E-state index is 2.36. The second kappa shape index (κ2) is 14.9. The first-order valence-electron chi connectivity index (χ1n) is 22.7. The normalized spacial score (nSPS) is 13.3. The first-order chi connectivity index (χ1) is 32.2. The summed E-state index contributed by atoms with van der Waals surface area (Å²) in [4.78, 5) is 0. The van der Waals surface area contributed by atoms with Crippen molar-refractivity contribution in [1.82, 2.24) is 0 Å². The number of hydrogen-bond donors (Lipinski definition) is 0. The van der Waals surface area contributed by atoms with Crippen LogP contribution in [0.15, 0.2) is 243 Å². The average Bonchev–Trinajstić information content (AvgIpc) is 3.99. The minimum absolute atomic E-state index is 0.474. The molecule has 10 aromatic carbocycles. The molecule has 0 spiro atoms. The van der Waals surface area contributed by atoms with Crippen LogP contribution in [0.1, 0.15) is 55.6 Å². The van der Waals surface area contributed by atoms with Crippen molar-refractivity contribution < 1.29 is 0 Å². The van der Waals surface area contributed by atoms with E-state index in [0.717, 1.165) is 0 Å². The molecule has 0 heteroatoms. The van der Waals surface area contributed by atoms with Crippen LogP contribution in [0.3, 0.4) is 0 Å². The maximum absolute atomic E-state index is 2.36. The first-order valence-corrected chi connectivity index (χ1v) is 22.7. The van der Waals surface area contributed by atoms with Gasteiger partial charge in [0.25, 0.3) is 0 Å². The highest BCUT2D eigenvalue weighted by atomic mass is 14.5. The van der Waals surface area contributed by atoms with Crippen molar-refractivity contribution in [3.05, 3.63) is 298 Å². The van der Waals surface area contributed by atoms with E-state index >= 15 is 0 Å². The number of hydrogen-bond acceptors (Lipinski definition) is 0. The van der Waals surface area contributed by atoms with Gasteiger partial charge in [0.05, 0.1) is 5.41 Å². The molecule has 0 saturated heterocycles. The maximum Gasteiger partial charge on any atom is 0.0713 e. The van der Waals surface area contributed by atoms with Gasteiger partial charge in [-0.05, 0) is 135 Å². The van der Waals surface area contributed by atoms with Crippen LogP contribution in [0.4, 0.5) is 0 Å². The van der Waals surface area contributed by atoms with E-state index in [2.05, 4.69) is 255 Å². The van der Waals surface area contributed by atoms with Crippen LogP contribution in [0.25, 0.3) is 78.9 Å². The summed E-state index contributed by atoms with van der Waals surface area (Å²) in [6, 6.07) is 89.7. The second-order valence-electron chi connectivity index (χ2n) is 17.5. The number of fused-ring (bicyclic) bond motifs is 9. The molecule has 0 unspecified atom stereocenters. The predicted octanol–water partition coefficient (Wildman–Crippen LogP) is 16.5. The topological polar surface area (TPSA) is 0 Å². The molecule has 0 aliphatic heterocycles. The summed E-state index contributed by atoms with van der Waals surface area (Å²) in [5.41, 5.74) is 27.5. The van der Waals surface area contributed by atoms with Crippen molar-refractivity contribution in [1.29, 1.82) is 0 Å². The Bertz CT molecular complexity index is 3210. The lowest BCUT2D eigenvalue weighted by Gasteiger charge is -2.34. The zero-order valence-electron chi connectivity index (χ0n) is 35.7. The molecular weight excluding hydrogens is 781 g/mol. The third kappa shape index (κ3) is 5.84. The van der Waals surface area contributed by atoms with E-state index in [1.807, 2.05) is 0 Å². The second-order valence-corrected chi connectivity index (χ2v) is 17.5. The number of benzene rings is 10. The molecule has 13 rings (SSSR count). The van der Waals surface area contributed by atoms with Crippen LogP contribution in [0.2, 0.25) is 0 Å². The number of rotatable bonds is 6. The Morgan fingerprint density at radius 1 is 0.215 bits per heavy atom. The Morgan fingerprint density at radius 3 is 0.769 bits per heavy atom. The van der Waals surface area contributed by atoms with Crippen molar-refractivity contribution >= 4 is 23.3 Å². The molecule has 0 heterocycles. The lowest BCUT2D eigenvalue weighted by molar-refractivity contribution is 0.769. The summed E-state index contributed by atoms with van der Waals surface area (Å²) in [5.74, 6) is 0. The molecule has 0 aromatic heterocycles. The summed E-state index contributed by atoms with van der Waals surface area (Å²) in [7, 11) is 0. The molecule has 0 radical (unpaired) electrons. The van der Waals surface area contributed by atoms with Crippen LogP contribution in [-0.4, -0.2) is 0 Å². The summed E-state index contributed by atoms with van der Waals surface area (Å²) in [6.07, 6.45) is 4.67. The fourth-order valence-electron chi connectivity index (χ4n) is 11.1. The van der Waals surface area contributed by atoms with Crippen LogP contribution in [-0.2, 0) is 5.41 Å².